The standard InChI is InChI=1S/C11H13ClF4N2O2S/c1-6(2)18(5-11(14,15)16)21(19,20)9-4-7(17)3-8(12)10(9)13/h3-4,6H,5,17H2,1-2H3. The van der Waals surface area contributed by atoms with Crippen LogP contribution in [0, 0.1) is 5.82 Å². The van der Waals surface area contributed by atoms with Gasteiger partial charge in [0.1, 0.15) is 11.4 Å². The van der Waals surface area contributed by atoms with Gasteiger partial charge in [0.05, 0.1) is 5.02 Å². The Morgan fingerprint density at radius 2 is 1.86 bits per heavy atom. The van der Waals surface area contributed by atoms with E-state index in [9.17, 15) is 26.0 Å². The van der Waals surface area contributed by atoms with Crippen LogP contribution < -0.4 is 5.73 Å². The Bertz CT molecular complexity index is 632. The van der Waals surface area contributed by atoms with Gasteiger partial charge in [0.15, 0.2) is 5.82 Å². The second-order valence-electron chi connectivity index (χ2n) is 4.57. The van der Waals surface area contributed by atoms with Crippen LogP contribution in [0.1, 0.15) is 13.8 Å². The smallest absolute Gasteiger partial charge is 0.399 e. The van der Waals surface area contributed by atoms with E-state index in [1.165, 1.54) is 13.8 Å². The lowest BCUT2D eigenvalue weighted by Crippen LogP contribution is -2.43. The average molecular weight is 349 g/mol. The molecule has 0 amide bonds. The van der Waals surface area contributed by atoms with E-state index in [1.807, 2.05) is 0 Å². The van der Waals surface area contributed by atoms with Crippen molar-refractivity contribution in [1.82, 2.24) is 4.31 Å². The summed E-state index contributed by atoms with van der Waals surface area (Å²) in [6.45, 7) is 0.753. The highest BCUT2D eigenvalue weighted by molar-refractivity contribution is 7.89. The van der Waals surface area contributed by atoms with Gasteiger partial charge in [0.25, 0.3) is 0 Å². The van der Waals surface area contributed by atoms with Crippen molar-refractivity contribution in [3.63, 3.8) is 0 Å². The zero-order valence-electron chi connectivity index (χ0n) is 11.1. The Labute approximate surface area is 124 Å². The molecule has 0 aliphatic carbocycles. The summed E-state index contributed by atoms with van der Waals surface area (Å²) >= 11 is 5.48. The van der Waals surface area contributed by atoms with Gasteiger partial charge in [-0.05, 0) is 26.0 Å². The van der Waals surface area contributed by atoms with Gasteiger partial charge in [-0.3, -0.25) is 0 Å². The minimum absolute atomic E-state index is 0.140. The number of nitrogens with two attached hydrogens (primary N) is 1. The third-order valence-electron chi connectivity index (χ3n) is 2.51. The minimum atomic E-state index is -4.77. The molecule has 2 N–H and O–H groups in total. The van der Waals surface area contributed by atoms with Crippen molar-refractivity contribution in [1.29, 1.82) is 0 Å². The first-order valence-corrected chi connectivity index (χ1v) is 7.51. The lowest BCUT2D eigenvalue weighted by molar-refractivity contribution is -0.138. The molecule has 4 nitrogen and oxygen atoms in total. The number of halogens is 5. The Kier molecular flexibility index (Phi) is 5.12. The molecule has 0 fully saturated rings. The molecular formula is C11H13ClF4N2O2S. The highest BCUT2D eigenvalue weighted by atomic mass is 35.5. The molecule has 0 unspecified atom stereocenters. The molecule has 0 spiro atoms. The van der Waals surface area contributed by atoms with Gasteiger partial charge in [-0.2, -0.15) is 17.5 Å². The summed E-state index contributed by atoms with van der Waals surface area (Å²) in [5.41, 5.74) is 5.20. The molecule has 0 bridgehead atoms. The molecule has 0 heterocycles. The molecule has 0 radical (unpaired) electrons. The number of hydrogen-bond donors (Lipinski definition) is 1. The van der Waals surface area contributed by atoms with Crippen LogP contribution in [0.25, 0.3) is 0 Å². The molecule has 0 atom stereocenters. The predicted molar refractivity (Wildman–Crippen MR) is 70.9 cm³/mol. The highest BCUT2D eigenvalue weighted by Gasteiger charge is 2.39. The fourth-order valence-corrected chi connectivity index (χ4v) is 3.65. The number of anilines is 1. The summed E-state index contributed by atoms with van der Waals surface area (Å²) < 4.78 is 76.1. The molecule has 1 rings (SSSR count). The van der Waals surface area contributed by atoms with Gasteiger partial charge in [-0.1, -0.05) is 11.6 Å². The van der Waals surface area contributed by atoms with Gasteiger partial charge >= 0.3 is 6.18 Å². The molecule has 120 valence electrons. The van der Waals surface area contributed by atoms with Crippen LogP contribution in [-0.2, 0) is 10.0 Å². The van der Waals surface area contributed by atoms with Crippen LogP contribution in [0.2, 0.25) is 5.02 Å². The maximum Gasteiger partial charge on any atom is 0.402 e. The first kappa shape index (κ1) is 18.0. The molecule has 0 saturated heterocycles. The summed E-state index contributed by atoms with van der Waals surface area (Å²) in [4.78, 5) is -0.981. The van der Waals surface area contributed by atoms with Gasteiger partial charge in [-0.25, -0.2) is 12.8 Å². The maximum absolute atomic E-state index is 13.9. The second kappa shape index (κ2) is 5.98. The summed E-state index contributed by atoms with van der Waals surface area (Å²) in [5, 5.41) is -0.579. The van der Waals surface area contributed by atoms with E-state index in [2.05, 4.69) is 0 Å². The molecule has 0 aliphatic rings. The summed E-state index contributed by atoms with van der Waals surface area (Å²) in [5.74, 6) is -1.33. The topological polar surface area (TPSA) is 63.4 Å². The molecule has 1 aromatic carbocycles. The molecule has 10 heteroatoms. The number of nitrogen functional groups attached to an aromatic ring is 1. The zero-order valence-corrected chi connectivity index (χ0v) is 12.7. The van der Waals surface area contributed by atoms with Crippen LogP contribution in [0.5, 0.6) is 0 Å². The van der Waals surface area contributed by atoms with E-state index >= 15 is 0 Å². The van der Waals surface area contributed by atoms with E-state index < -0.39 is 44.5 Å². The molecule has 0 aliphatic heterocycles. The van der Waals surface area contributed by atoms with Gasteiger partial charge in [0.2, 0.25) is 10.0 Å². The van der Waals surface area contributed by atoms with E-state index in [0.717, 1.165) is 12.1 Å². The fourth-order valence-electron chi connectivity index (χ4n) is 1.62. The van der Waals surface area contributed by atoms with Gasteiger partial charge in [-0.15, -0.1) is 0 Å². The van der Waals surface area contributed by atoms with E-state index in [1.54, 1.807) is 0 Å². The van der Waals surface area contributed by atoms with E-state index in [-0.39, 0.29) is 9.99 Å². The maximum atomic E-state index is 13.9. The SMILES string of the molecule is CC(C)N(CC(F)(F)F)S(=O)(=O)c1cc(N)cc(Cl)c1F. The molecular weight excluding hydrogens is 336 g/mol. The molecule has 0 saturated carbocycles. The van der Waals surface area contributed by atoms with Crippen LogP contribution in [0.15, 0.2) is 17.0 Å². The van der Waals surface area contributed by atoms with Gasteiger partial charge < -0.3 is 5.73 Å². The lowest BCUT2D eigenvalue weighted by atomic mass is 10.3. The summed E-state index contributed by atoms with van der Waals surface area (Å²) in [6, 6.07) is 0.679. The van der Waals surface area contributed by atoms with Crippen molar-refractivity contribution in [3.05, 3.63) is 23.0 Å². The van der Waals surface area contributed by atoms with Gasteiger partial charge in [0, 0.05) is 11.7 Å². The number of benzene rings is 1. The number of rotatable bonds is 4. The molecule has 0 aromatic heterocycles. The Morgan fingerprint density at radius 3 is 2.29 bits per heavy atom. The minimum Gasteiger partial charge on any atom is -0.399 e. The zero-order chi connectivity index (χ0) is 16.6. The summed E-state index contributed by atoms with van der Waals surface area (Å²) in [7, 11) is -4.74. The van der Waals surface area contributed by atoms with Crippen molar-refractivity contribution < 1.29 is 26.0 Å². The highest BCUT2D eigenvalue weighted by Crippen LogP contribution is 2.30. The number of nitrogens with zero attached hydrogens (tertiary/aromatic N) is 1. The third kappa shape index (κ3) is 4.21. The van der Waals surface area contributed by atoms with Crippen LogP contribution in [0.4, 0.5) is 23.2 Å². The first-order chi connectivity index (χ1) is 9.36. The first-order valence-electron chi connectivity index (χ1n) is 5.69. The van der Waals surface area contributed by atoms with Crippen molar-refractivity contribution in [2.45, 2.75) is 31.0 Å². The largest absolute Gasteiger partial charge is 0.402 e. The van der Waals surface area contributed by atoms with Crippen LogP contribution in [-0.4, -0.2) is 31.5 Å². The van der Waals surface area contributed by atoms with Crippen LogP contribution >= 0.6 is 11.6 Å². The van der Waals surface area contributed by atoms with Crippen molar-refractivity contribution >= 4 is 27.3 Å². The molecule has 1 aromatic rings. The Balaban J connectivity index is 3.44. The van der Waals surface area contributed by atoms with E-state index in [4.69, 9.17) is 17.3 Å². The third-order valence-corrected chi connectivity index (χ3v) is 4.81. The molecule has 21 heavy (non-hydrogen) atoms. The fraction of sp³-hybridized carbons (Fsp3) is 0.455. The Hall–Kier alpha value is -1.06. The lowest BCUT2D eigenvalue weighted by Gasteiger charge is -2.27. The van der Waals surface area contributed by atoms with E-state index in [0.29, 0.717) is 0 Å². The number of hydrogen-bond acceptors (Lipinski definition) is 3. The number of sulfonamides is 1. The normalized spacial score (nSPS) is 13.2. The number of alkyl halides is 3. The monoisotopic (exact) mass is 348 g/mol. The van der Waals surface area contributed by atoms with Crippen molar-refractivity contribution in [2.24, 2.45) is 0 Å². The predicted octanol–water partition coefficient (Wildman–Crippen LogP) is 3.02. The summed E-state index contributed by atoms with van der Waals surface area (Å²) in [6.07, 6.45) is -4.77. The van der Waals surface area contributed by atoms with Crippen LogP contribution in [0.3, 0.4) is 0 Å². The second-order valence-corrected chi connectivity index (χ2v) is 6.84. The Morgan fingerprint density at radius 1 is 1.33 bits per heavy atom. The van der Waals surface area contributed by atoms with Crippen molar-refractivity contribution in [2.75, 3.05) is 12.3 Å². The average Bonchev–Trinajstić information content (AvgIpc) is 2.29. The van der Waals surface area contributed by atoms with Crippen molar-refractivity contribution in [3.8, 4) is 0 Å². The quantitative estimate of drug-likeness (QED) is 0.672.